The molecule has 0 amide bonds. The molecule has 0 unspecified atom stereocenters. The Balaban J connectivity index is -0.000000286. The monoisotopic (exact) mass is 478 g/mol. The number of aromatic nitrogens is 4. The second-order valence-electron chi connectivity index (χ2n) is 3.91. The van der Waals surface area contributed by atoms with Gasteiger partial charge in [0.1, 0.15) is 0 Å². The molecule has 2 aromatic heterocycles. The van der Waals surface area contributed by atoms with Crippen LogP contribution in [-0.4, -0.2) is 20.4 Å². The number of H-pyrrole nitrogens is 2. The summed E-state index contributed by atoms with van der Waals surface area (Å²) in [5, 5.41) is 15.8. The van der Waals surface area contributed by atoms with Crippen LogP contribution in [0.2, 0.25) is 0 Å². The molecule has 4 nitrogen and oxygen atoms in total. The maximum Gasteiger partial charge on any atom is 3.00 e. The molecule has 0 bridgehead atoms. The predicted molar refractivity (Wildman–Crippen MR) is 72.2 cm³/mol. The molecule has 9 heteroatoms. The van der Waals surface area contributed by atoms with Crippen molar-refractivity contribution in [2.24, 2.45) is 0 Å². The first-order valence-electron chi connectivity index (χ1n) is 5.70. The zero-order valence-electron chi connectivity index (χ0n) is 11.5. The van der Waals surface area contributed by atoms with Gasteiger partial charge < -0.3 is 49.6 Å². The van der Waals surface area contributed by atoms with E-state index in [4.69, 9.17) is 0 Å². The standard InChI is InChI=1S/2C7H6N2.4ClH.Ru/c2*1-2-4-7-6(3-1)5-8-9-7;;;;;/h2*1-5H,(H,8,9);4*1H;/q;;;;;;+3/p-4. The third-order valence-electron chi connectivity index (χ3n) is 2.70. The number of rotatable bonds is 0. The molecule has 2 N–H and O–H groups in total. The molecule has 0 aliphatic carbocycles. The predicted octanol–water partition coefficient (Wildman–Crippen LogP) is -8.86. The number of hydrogen-bond donors (Lipinski definition) is 2. The molecule has 0 aliphatic heterocycles. The Kier molecular flexibility index (Phi) is 16.0. The fourth-order valence-electron chi connectivity index (χ4n) is 1.77. The van der Waals surface area contributed by atoms with E-state index in [1.165, 1.54) is 0 Å². The van der Waals surface area contributed by atoms with E-state index >= 15 is 0 Å². The third kappa shape index (κ3) is 7.07. The number of nitrogens with zero attached hydrogens (tertiary/aromatic N) is 2. The van der Waals surface area contributed by atoms with E-state index in [9.17, 15) is 0 Å². The molecule has 1 radical (unpaired) electrons. The third-order valence-corrected chi connectivity index (χ3v) is 2.70. The second kappa shape index (κ2) is 13.6. The van der Waals surface area contributed by atoms with Crippen LogP contribution in [0.1, 0.15) is 0 Å². The van der Waals surface area contributed by atoms with Crippen molar-refractivity contribution in [2.45, 2.75) is 0 Å². The second-order valence-corrected chi connectivity index (χ2v) is 3.91. The smallest absolute Gasteiger partial charge is 1.00 e. The molecule has 0 spiro atoms. The van der Waals surface area contributed by atoms with E-state index in [0.717, 1.165) is 21.8 Å². The number of aromatic amines is 2. The topological polar surface area (TPSA) is 57.4 Å². The first-order chi connectivity index (χ1) is 8.93. The summed E-state index contributed by atoms with van der Waals surface area (Å²) >= 11 is 0. The summed E-state index contributed by atoms with van der Waals surface area (Å²) in [5.41, 5.74) is 2.19. The minimum absolute atomic E-state index is 0. The van der Waals surface area contributed by atoms with Crippen LogP contribution in [0.4, 0.5) is 0 Å². The fraction of sp³-hybridized carbons (Fsp3) is 0. The van der Waals surface area contributed by atoms with Gasteiger partial charge >= 0.3 is 19.5 Å². The number of hydrogen-bond acceptors (Lipinski definition) is 2. The summed E-state index contributed by atoms with van der Waals surface area (Å²) in [5.74, 6) is 0. The van der Waals surface area contributed by atoms with Gasteiger partial charge in [-0.1, -0.05) is 36.4 Å². The first-order valence-corrected chi connectivity index (χ1v) is 5.70. The minimum Gasteiger partial charge on any atom is -1.00 e. The molecule has 0 atom stereocenters. The van der Waals surface area contributed by atoms with E-state index in [1.54, 1.807) is 0 Å². The van der Waals surface area contributed by atoms with Gasteiger partial charge in [-0.2, -0.15) is 10.2 Å². The maximum atomic E-state index is 3.88. The van der Waals surface area contributed by atoms with Crippen LogP contribution in [0.3, 0.4) is 0 Å². The van der Waals surface area contributed by atoms with E-state index in [-0.39, 0.29) is 69.1 Å². The Bertz CT molecular complexity index is 649. The molecule has 0 saturated heterocycles. The van der Waals surface area contributed by atoms with Gasteiger partial charge in [0, 0.05) is 10.8 Å². The Labute approximate surface area is 171 Å². The van der Waals surface area contributed by atoms with Crippen molar-refractivity contribution in [3.05, 3.63) is 60.9 Å². The van der Waals surface area contributed by atoms with Gasteiger partial charge in [-0.15, -0.1) is 0 Å². The molecule has 0 saturated carbocycles. The van der Waals surface area contributed by atoms with Crippen LogP contribution in [0.25, 0.3) is 21.8 Å². The molecule has 4 rings (SSSR count). The zero-order chi connectivity index (χ0) is 12.2. The first kappa shape index (κ1) is 27.0. The average Bonchev–Trinajstić information content (AvgIpc) is 3.08. The molecular formula is C14H12Cl4N4Ru-. The largest absolute Gasteiger partial charge is 3.00 e. The summed E-state index contributed by atoms with van der Waals surface area (Å²) in [6.45, 7) is 0. The molecule has 2 aromatic carbocycles. The zero-order valence-corrected chi connectivity index (χ0v) is 16.3. The Hall–Kier alpha value is -0.837. The van der Waals surface area contributed by atoms with E-state index in [2.05, 4.69) is 20.4 Å². The Morgan fingerprint density at radius 1 is 0.565 bits per heavy atom. The van der Waals surface area contributed by atoms with Crippen LogP contribution in [0.15, 0.2) is 60.9 Å². The molecular weight excluding hydrogens is 467 g/mol. The van der Waals surface area contributed by atoms with Crippen LogP contribution < -0.4 is 49.6 Å². The van der Waals surface area contributed by atoms with Gasteiger partial charge in [0.2, 0.25) is 0 Å². The summed E-state index contributed by atoms with van der Waals surface area (Å²) in [6, 6.07) is 16.0. The van der Waals surface area contributed by atoms with Crippen molar-refractivity contribution in [3.8, 4) is 0 Å². The minimum atomic E-state index is 0. The van der Waals surface area contributed by atoms with Gasteiger partial charge in [-0.05, 0) is 12.1 Å². The van der Waals surface area contributed by atoms with Crippen LogP contribution >= 0.6 is 0 Å². The van der Waals surface area contributed by atoms with E-state index < -0.39 is 0 Å². The van der Waals surface area contributed by atoms with Crippen molar-refractivity contribution in [1.82, 2.24) is 20.4 Å². The molecule has 125 valence electrons. The van der Waals surface area contributed by atoms with Crippen LogP contribution in [-0.2, 0) is 19.5 Å². The summed E-state index contributed by atoms with van der Waals surface area (Å²) in [7, 11) is 0. The maximum absolute atomic E-state index is 3.88. The Morgan fingerprint density at radius 3 is 1.26 bits per heavy atom. The van der Waals surface area contributed by atoms with Gasteiger partial charge in [-0.25, -0.2) is 0 Å². The van der Waals surface area contributed by atoms with Crippen LogP contribution in [0, 0.1) is 0 Å². The van der Waals surface area contributed by atoms with Crippen molar-refractivity contribution in [2.75, 3.05) is 0 Å². The van der Waals surface area contributed by atoms with Gasteiger partial charge in [0.25, 0.3) is 0 Å². The van der Waals surface area contributed by atoms with Crippen molar-refractivity contribution in [3.63, 3.8) is 0 Å². The Morgan fingerprint density at radius 2 is 0.913 bits per heavy atom. The average molecular weight is 479 g/mol. The molecule has 2 heterocycles. The summed E-state index contributed by atoms with van der Waals surface area (Å²) in [6.07, 6.45) is 3.63. The number of nitrogens with one attached hydrogen (secondary N) is 2. The molecule has 4 aromatic rings. The van der Waals surface area contributed by atoms with Crippen molar-refractivity contribution >= 4 is 21.8 Å². The number of fused-ring (bicyclic) bond motifs is 2. The summed E-state index contributed by atoms with van der Waals surface area (Å²) < 4.78 is 0. The normalized spacial score (nSPS) is 8.00. The molecule has 0 fully saturated rings. The fourth-order valence-corrected chi connectivity index (χ4v) is 1.77. The SMILES string of the molecule is [Cl-].[Cl-].[Cl-].[Cl-].[Ru+3].c1ccc2[nH]ncc2c1.c1ccc2[nH]ncc2c1. The van der Waals surface area contributed by atoms with Gasteiger partial charge in [0.05, 0.1) is 23.4 Å². The molecule has 0 aliphatic rings. The number of halogens is 4. The quantitative estimate of drug-likeness (QED) is 0.247. The van der Waals surface area contributed by atoms with Crippen LogP contribution in [0.5, 0.6) is 0 Å². The summed E-state index contributed by atoms with van der Waals surface area (Å²) in [4.78, 5) is 0. The van der Waals surface area contributed by atoms with Crippen molar-refractivity contribution < 1.29 is 69.1 Å². The van der Waals surface area contributed by atoms with Crippen molar-refractivity contribution in [1.29, 1.82) is 0 Å². The number of benzene rings is 2. The number of para-hydroxylation sites is 2. The van der Waals surface area contributed by atoms with Gasteiger partial charge in [-0.3, -0.25) is 10.2 Å². The van der Waals surface area contributed by atoms with E-state index in [0.29, 0.717) is 0 Å². The van der Waals surface area contributed by atoms with E-state index in [1.807, 2.05) is 60.9 Å². The van der Waals surface area contributed by atoms with Gasteiger partial charge in [0.15, 0.2) is 0 Å². The molecule has 23 heavy (non-hydrogen) atoms.